The van der Waals surface area contributed by atoms with Gasteiger partial charge in [-0.05, 0) is 35.7 Å². The van der Waals surface area contributed by atoms with Crippen molar-refractivity contribution in [1.82, 2.24) is 39.9 Å². The van der Waals surface area contributed by atoms with Crippen LogP contribution in [0.5, 0.6) is 0 Å². The van der Waals surface area contributed by atoms with Crippen LogP contribution in [0.15, 0.2) is 84.9 Å². The van der Waals surface area contributed by atoms with E-state index < -0.39 is 0 Å². The number of nitrogens with zero attached hydrogens (tertiary/aromatic N) is 8. The van der Waals surface area contributed by atoms with E-state index in [4.69, 9.17) is 39.9 Å². The average molecular weight is 606 g/mol. The topological polar surface area (TPSA) is 106 Å². The first kappa shape index (κ1) is 26.6. The van der Waals surface area contributed by atoms with E-state index >= 15 is 0 Å². The molecule has 5 heterocycles. The van der Waals surface area contributed by atoms with Crippen LogP contribution in [0.25, 0.3) is 91.1 Å². The van der Waals surface area contributed by atoms with Gasteiger partial charge in [0.1, 0.15) is 0 Å². The molecule has 0 atom stereocenters. The molecule has 6 aromatic rings. The van der Waals surface area contributed by atoms with Crippen LogP contribution < -0.4 is 9.97 Å². The fraction of sp³-hybridized carbons (Fsp3) is 0.0588. The van der Waals surface area contributed by atoms with Crippen molar-refractivity contribution in [2.75, 3.05) is 0 Å². The van der Waals surface area contributed by atoms with Crippen molar-refractivity contribution in [2.45, 2.75) is 13.8 Å². The van der Waals surface area contributed by atoms with Crippen molar-refractivity contribution >= 4 is 45.5 Å². The van der Waals surface area contributed by atoms with Crippen LogP contribution >= 0.6 is 0 Å². The van der Waals surface area contributed by atoms with E-state index in [9.17, 15) is 0 Å². The molecule has 8 bridgehead atoms. The van der Waals surface area contributed by atoms with Gasteiger partial charge in [-0.15, -0.1) is 0 Å². The van der Waals surface area contributed by atoms with E-state index in [1.807, 2.05) is 111 Å². The van der Waals surface area contributed by atoms with Crippen LogP contribution in [0.3, 0.4) is 0 Å². The summed E-state index contributed by atoms with van der Waals surface area (Å²) in [5.41, 5.74) is 7.41. The third-order valence-corrected chi connectivity index (χ3v) is 7.36. The molecule has 0 amide bonds. The van der Waals surface area contributed by atoms with Gasteiger partial charge < -0.3 is 29.9 Å². The second-order valence-electron chi connectivity index (χ2n) is 9.95. The van der Waals surface area contributed by atoms with Crippen molar-refractivity contribution in [2.24, 2.45) is 0 Å². The summed E-state index contributed by atoms with van der Waals surface area (Å²) in [6.07, 6.45) is 7.96. The van der Waals surface area contributed by atoms with Gasteiger partial charge in [-0.1, -0.05) is 97.1 Å². The van der Waals surface area contributed by atoms with E-state index in [0.29, 0.717) is 45.9 Å². The molecular weight excluding hydrogens is 584 g/mol. The number of rotatable bonds is 2. The Bertz CT molecular complexity index is 2140. The molecule has 0 fully saturated rings. The molecule has 8 rings (SSSR count). The summed E-state index contributed by atoms with van der Waals surface area (Å²) in [6, 6.07) is 23.9. The van der Waals surface area contributed by atoms with E-state index in [1.165, 1.54) is 0 Å². The van der Waals surface area contributed by atoms with E-state index in [0.717, 1.165) is 44.2 Å². The Morgan fingerprint density at radius 3 is 1.14 bits per heavy atom. The zero-order valence-corrected chi connectivity index (χ0v) is 24.1. The average Bonchev–Trinajstić information content (AvgIpc) is 3.74. The number of allylic oxidation sites excluding steroid dienone is 2. The largest absolute Gasteiger partial charge is 2.00 e. The zero-order chi connectivity index (χ0) is 28.2. The normalized spacial score (nSPS) is 12.0. The number of benzene rings is 3. The molecule has 8 nitrogen and oxygen atoms in total. The van der Waals surface area contributed by atoms with Gasteiger partial charge in [-0.25, -0.2) is 9.97 Å². The Hall–Kier alpha value is -5.24. The van der Waals surface area contributed by atoms with Gasteiger partial charge >= 0.3 is 17.1 Å². The maximum atomic E-state index is 5.00. The van der Waals surface area contributed by atoms with Gasteiger partial charge in [0.25, 0.3) is 0 Å². The van der Waals surface area contributed by atoms with Crippen molar-refractivity contribution < 1.29 is 17.1 Å². The van der Waals surface area contributed by atoms with Crippen LogP contribution in [0.1, 0.15) is 25.0 Å². The summed E-state index contributed by atoms with van der Waals surface area (Å²) >= 11 is 0. The first-order valence-corrected chi connectivity index (χ1v) is 13.7. The number of aromatic nitrogens is 8. The minimum Gasteiger partial charge on any atom is -0.357 e. The first-order valence-electron chi connectivity index (χ1n) is 13.7. The van der Waals surface area contributed by atoms with Crippen LogP contribution in [0.4, 0.5) is 0 Å². The summed E-state index contributed by atoms with van der Waals surface area (Å²) in [7, 11) is 0. The minimum atomic E-state index is 0. The second-order valence-corrected chi connectivity index (χ2v) is 9.95. The molecule has 9 heteroatoms. The van der Waals surface area contributed by atoms with Crippen LogP contribution in [0, 0.1) is 0 Å². The third kappa shape index (κ3) is 4.29. The molecule has 43 heavy (non-hydrogen) atoms. The standard InChI is InChI=1S/C34H22N8.Cu/c1-3-11-19-20(12-4-2)28-35-27(19)36-29-21-13-5-7-15-23(21)31(38-29)40-33-25-17-9-10-18-26(25)34(42-33)41-32-24-16-8-6-14-22(24)30(37-28)39-32;/h3-18H,1-2H3;/q-2;+2/b11-3-,12-4-;. The molecule has 209 valence electrons. The molecule has 0 saturated heterocycles. The van der Waals surface area contributed by atoms with Gasteiger partial charge in [-0.2, -0.15) is 0 Å². The summed E-state index contributed by atoms with van der Waals surface area (Å²) < 4.78 is 0. The minimum absolute atomic E-state index is 0. The summed E-state index contributed by atoms with van der Waals surface area (Å²) in [4.78, 5) is 39.5. The van der Waals surface area contributed by atoms with Gasteiger partial charge in [0.15, 0.2) is 0 Å². The van der Waals surface area contributed by atoms with Gasteiger partial charge in [0, 0.05) is 44.8 Å². The summed E-state index contributed by atoms with van der Waals surface area (Å²) in [5.74, 6) is 2.17. The molecule has 0 unspecified atom stereocenters. The molecule has 3 aromatic carbocycles. The van der Waals surface area contributed by atoms with Gasteiger partial charge in [0.05, 0.1) is 23.3 Å². The maximum absolute atomic E-state index is 5.00. The van der Waals surface area contributed by atoms with Crippen molar-refractivity contribution in [3.05, 3.63) is 96.1 Å². The smallest absolute Gasteiger partial charge is 0.357 e. The molecule has 0 spiro atoms. The van der Waals surface area contributed by atoms with Crippen molar-refractivity contribution in [1.29, 1.82) is 0 Å². The Labute approximate surface area is 257 Å². The van der Waals surface area contributed by atoms with Crippen molar-refractivity contribution in [3.63, 3.8) is 0 Å². The molecule has 3 aromatic heterocycles. The first-order chi connectivity index (χ1) is 20.7. The number of fused-ring (bicyclic) bond motifs is 17. The van der Waals surface area contributed by atoms with Crippen LogP contribution in [-0.4, -0.2) is 29.9 Å². The molecule has 2 aliphatic rings. The summed E-state index contributed by atoms with van der Waals surface area (Å²) in [6.45, 7) is 3.95. The Morgan fingerprint density at radius 1 is 0.442 bits per heavy atom. The number of hydrogen-bond donors (Lipinski definition) is 0. The third-order valence-electron chi connectivity index (χ3n) is 7.36. The molecule has 2 aliphatic heterocycles. The fourth-order valence-corrected chi connectivity index (χ4v) is 5.49. The van der Waals surface area contributed by atoms with Crippen molar-refractivity contribution in [3.8, 4) is 45.6 Å². The molecule has 0 saturated carbocycles. The zero-order valence-electron chi connectivity index (χ0n) is 23.1. The summed E-state index contributed by atoms with van der Waals surface area (Å²) in [5, 5.41) is 1.78. The monoisotopic (exact) mass is 605 g/mol. The van der Waals surface area contributed by atoms with E-state index in [1.54, 1.807) is 0 Å². The quantitative estimate of drug-likeness (QED) is 0.193. The van der Waals surface area contributed by atoms with E-state index in [-0.39, 0.29) is 17.1 Å². The molecular formula is C34H22CuN8. The predicted molar refractivity (Wildman–Crippen MR) is 166 cm³/mol. The van der Waals surface area contributed by atoms with Crippen LogP contribution in [0.2, 0.25) is 0 Å². The Kier molecular flexibility index (Phi) is 6.54. The fourth-order valence-electron chi connectivity index (χ4n) is 5.49. The van der Waals surface area contributed by atoms with E-state index in [2.05, 4.69) is 0 Å². The SMILES string of the molecule is C/C=C\c1c(/C=C\C)c2nc3nc(nc4[n-]c(nc5nc(nc1[n-]2)-c1ccccc1-5)c1ccccc41)-c1ccccc1-3.[Cu+2]. The molecule has 0 aliphatic carbocycles. The molecule has 0 N–H and O–H groups in total. The Morgan fingerprint density at radius 2 is 0.767 bits per heavy atom. The van der Waals surface area contributed by atoms with Gasteiger partial charge in [0.2, 0.25) is 0 Å². The van der Waals surface area contributed by atoms with Crippen LogP contribution in [-0.2, 0) is 17.1 Å². The second kappa shape index (κ2) is 10.5. The molecule has 1 radical (unpaired) electrons. The Balaban J connectivity index is 0.00000300. The maximum Gasteiger partial charge on any atom is 2.00 e. The van der Waals surface area contributed by atoms with Gasteiger partial charge in [-0.3, -0.25) is 0 Å². The predicted octanol–water partition coefficient (Wildman–Crippen LogP) is 7.04. The number of hydrogen-bond acceptors (Lipinski definition) is 6.